The first-order valence-electron chi connectivity index (χ1n) is 6.77. The molecular weight excluding hydrogens is 405 g/mol. The molecule has 0 saturated carbocycles. The van der Waals surface area contributed by atoms with E-state index in [9.17, 15) is 4.79 Å². The first-order chi connectivity index (χ1) is 10.6. The summed E-state index contributed by atoms with van der Waals surface area (Å²) in [6.45, 7) is 5.43. The lowest BCUT2D eigenvalue weighted by Gasteiger charge is -2.20. The maximum atomic E-state index is 12.4. The van der Waals surface area contributed by atoms with Crippen LogP contribution in [0.2, 0.25) is 10.0 Å². The van der Waals surface area contributed by atoms with E-state index >= 15 is 0 Å². The van der Waals surface area contributed by atoms with Gasteiger partial charge in [0, 0.05) is 16.2 Å². The Labute approximate surface area is 153 Å². The monoisotopic (exact) mass is 419 g/mol. The maximum absolute atomic E-state index is 12.4. The molecular formula is C16H16BrCl2NO3. The molecule has 23 heavy (non-hydrogen) atoms. The number of hydrogen-bond donors (Lipinski definition) is 0. The largest absolute Gasteiger partial charge is 0.494 e. The third-order valence-electron chi connectivity index (χ3n) is 2.87. The van der Waals surface area contributed by atoms with Gasteiger partial charge in [-0.25, -0.2) is 4.79 Å². The van der Waals surface area contributed by atoms with Crippen LogP contribution in [0.15, 0.2) is 28.9 Å². The zero-order chi connectivity index (χ0) is 17.4. The quantitative estimate of drug-likeness (QED) is 0.596. The number of aromatic nitrogens is 1. The first kappa shape index (κ1) is 18.2. The normalized spacial score (nSPS) is 11.4. The SMILES string of the molecule is COc1c(Cl)cc(-c2cc(Br)cn2C(=O)OC(C)(C)C)cc1Cl. The fourth-order valence-corrected chi connectivity index (χ4v) is 3.08. The maximum Gasteiger partial charge on any atom is 0.419 e. The molecule has 0 saturated heterocycles. The number of ether oxygens (including phenoxy) is 2. The molecule has 0 bridgehead atoms. The number of nitrogens with zero attached hydrogens (tertiary/aromatic N) is 1. The number of hydrogen-bond acceptors (Lipinski definition) is 3. The number of methoxy groups -OCH3 is 1. The molecule has 7 heteroatoms. The van der Waals surface area contributed by atoms with Gasteiger partial charge in [0.1, 0.15) is 5.60 Å². The Kier molecular flexibility index (Phi) is 5.33. The number of halogens is 3. The van der Waals surface area contributed by atoms with Crippen LogP contribution in [0, 0.1) is 0 Å². The Morgan fingerprint density at radius 2 is 1.74 bits per heavy atom. The van der Waals surface area contributed by atoms with Crippen LogP contribution in [-0.4, -0.2) is 23.4 Å². The fourth-order valence-electron chi connectivity index (χ4n) is 2.02. The van der Waals surface area contributed by atoms with Crippen molar-refractivity contribution >= 4 is 45.2 Å². The Bertz CT molecular complexity index is 727. The van der Waals surface area contributed by atoms with Gasteiger partial charge in [0.2, 0.25) is 0 Å². The van der Waals surface area contributed by atoms with Gasteiger partial charge in [0.25, 0.3) is 0 Å². The number of carbonyl (C=O) groups is 1. The molecule has 0 radical (unpaired) electrons. The third-order valence-corrected chi connectivity index (χ3v) is 3.87. The average molecular weight is 421 g/mol. The molecule has 0 amide bonds. The summed E-state index contributed by atoms with van der Waals surface area (Å²) in [5.41, 5.74) is 0.690. The average Bonchev–Trinajstić information content (AvgIpc) is 2.78. The van der Waals surface area contributed by atoms with Crippen LogP contribution in [0.5, 0.6) is 5.75 Å². The molecule has 0 fully saturated rings. The minimum absolute atomic E-state index is 0.364. The van der Waals surface area contributed by atoms with Crippen LogP contribution < -0.4 is 4.74 Å². The fraction of sp³-hybridized carbons (Fsp3) is 0.312. The molecule has 0 aliphatic heterocycles. The summed E-state index contributed by atoms with van der Waals surface area (Å²) in [6, 6.07) is 5.17. The second-order valence-corrected chi connectivity index (χ2v) is 7.60. The van der Waals surface area contributed by atoms with E-state index in [1.807, 2.05) is 20.8 Å². The van der Waals surface area contributed by atoms with Gasteiger partial charge in [0.05, 0.1) is 22.8 Å². The van der Waals surface area contributed by atoms with Gasteiger partial charge >= 0.3 is 6.09 Å². The molecule has 0 aliphatic rings. The van der Waals surface area contributed by atoms with E-state index in [1.165, 1.54) is 11.7 Å². The molecule has 1 heterocycles. The predicted molar refractivity (Wildman–Crippen MR) is 95.8 cm³/mol. The van der Waals surface area contributed by atoms with Crippen molar-refractivity contribution in [3.05, 3.63) is 38.9 Å². The van der Waals surface area contributed by atoms with Crippen LogP contribution in [0.1, 0.15) is 20.8 Å². The Morgan fingerprint density at radius 3 is 2.22 bits per heavy atom. The zero-order valence-corrected chi connectivity index (χ0v) is 16.2. The van der Waals surface area contributed by atoms with Gasteiger partial charge in [-0.1, -0.05) is 23.2 Å². The van der Waals surface area contributed by atoms with E-state index in [2.05, 4.69) is 15.9 Å². The minimum atomic E-state index is -0.597. The molecule has 124 valence electrons. The minimum Gasteiger partial charge on any atom is -0.494 e. The lowest BCUT2D eigenvalue weighted by atomic mass is 10.1. The number of benzene rings is 1. The molecule has 0 N–H and O–H groups in total. The topological polar surface area (TPSA) is 40.5 Å². The van der Waals surface area contributed by atoms with Crippen molar-refractivity contribution in [1.82, 2.24) is 4.57 Å². The molecule has 1 aromatic heterocycles. The van der Waals surface area contributed by atoms with Crippen molar-refractivity contribution in [3.8, 4) is 17.0 Å². The van der Waals surface area contributed by atoms with Crippen LogP contribution in [0.25, 0.3) is 11.3 Å². The Hall–Kier alpha value is -1.17. The summed E-state index contributed by atoms with van der Waals surface area (Å²) < 4.78 is 12.7. The molecule has 2 aromatic rings. The summed E-state index contributed by atoms with van der Waals surface area (Å²) in [4.78, 5) is 12.4. The third kappa shape index (κ3) is 4.22. The molecule has 4 nitrogen and oxygen atoms in total. The Balaban J connectivity index is 2.51. The van der Waals surface area contributed by atoms with Gasteiger partial charge in [0.15, 0.2) is 5.75 Å². The summed E-state index contributed by atoms with van der Waals surface area (Å²) in [5, 5.41) is 0.728. The summed E-state index contributed by atoms with van der Waals surface area (Å²) in [6.07, 6.45) is 1.15. The van der Waals surface area contributed by atoms with Crippen molar-refractivity contribution in [2.75, 3.05) is 7.11 Å². The van der Waals surface area contributed by atoms with Gasteiger partial charge in [-0.15, -0.1) is 0 Å². The molecule has 1 aromatic carbocycles. The van der Waals surface area contributed by atoms with Crippen molar-refractivity contribution in [3.63, 3.8) is 0 Å². The van der Waals surface area contributed by atoms with Gasteiger partial charge < -0.3 is 9.47 Å². The second-order valence-electron chi connectivity index (χ2n) is 5.87. The van der Waals surface area contributed by atoms with Crippen molar-refractivity contribution < 1.29 is 14.3 Å². The highest BCUT2D eigenvalue weighted by molar-refractivity contribution is 9.10. The highest BCUT2D eigenvalue weighted by Gasteiger charge is 2.22. The second kappa shape index (κ2) is 6.75. The molecule has 0 atom stereocenters. The van der Waals surface area contributed by atoms with E-state index < -0.39 is 11.7 Å². The van der Waals surface area contributed by atoms with Gasteiger partial charge in [-0.3, -0.25) is 4.57 Å². The molecule has 0 spiro atoms. The Morgan fingerprint density at radius 1 is 1.17 bits per heavy atom. The summed E-state index contributed by atoms with van der Waals surface area (Å²) in [5.74, 6) is 0.395. The van der Waals surface area contributed by atoms with Crippen LogP contribution in [0.3, 0.4) is 0 Å². The highest BCUT2D eigenvalue weighted by Crippen LogP contribution is 2.38. The molecule has 0 aliphatic carbocycles. The van der Waals surface area contributed by atoms with E-state index in [4.69, 9.17) is 32.7 Å². The molecule has 2 rings (SSSR count). The molecule has 0 unspecified atom stereocenters. The lowest BCUT2D eigenvalue weighted by Crippen LogP contribution is -2.27. The standard InChI is InChI=1S/C16H16BrCl2NO3/c1-16(2,3)23-15(21)20-8-10(17)7-13(20)9-5-11(18)14(22-4)12(19)6-9/h5-8H,1-4H3. The number of carbonyl (C=O) groups excluding carboxylic acids is 1. The van der Waals surface area contributed by atoms with Gasteiger partial charge in [-0.2, -0.15) is 0 Å². The van der Waals surface area contributed by atoms with Crippen molar-refractivity contribution in [2.24, 2.45) is 0 Å². The van der Waals surface area contributed by atoms with Crippen molar-refractivity contribution in [1.29, 1.82) is 0 Å². The van der Waals surface area contributed by atoms with Crippen LogP contribution >= 0.6 is 39.1 Å². The summed E-state index contributed by atoms with van der Waals surface area (Å²) >= 11 is 15.7. The lowest BCUT2D eigenvalue weighted by molar-refractivity contribution is 0.0540. The van der Waals surface area contributed by atoms with E-state index in [0.29, 0.717) is 27.1 Å². The first-order valence-corrected chi connectivity index (χ1v) is 8.32. The smallest absolute Gasteiger partial charge is 0.419 e. The number of rotatable bonds is 2. The van der Waals surface area contributed by atoms with Crippen LogP contribution in [0.4, 0.5) is 4.79 Å². The van der Waals surface area contributed by atoms with E-state index in [-0.39, 0.29) is 0 Å². The van der Waals surface area contributed by atoms with E-state index in [0.717, 1.165) is 4.47 Å². The zero-order valence-electron chi connectivity index (χ0n) is 13.1. The van der Waals surface area contributed by atoms with Crippen molar-refractivity contribution in [2.45, 2.75) is 26.4 Å². The summed E-state index contributed by atoms with van der Waals surface area (Å²) in [7, 11) is 1.49. The van der Waals surface area contributed by atoms with E-state index in [1.54, 1.807) is 24.4 Å². The van der Waals surface area contributed by atoms with Crippen LogP contribution in [-0.2, 0) is 4.74 Å². The predicted octanol–water partition coefficient (Wildman–Crippen LogP) is 6.02. The highest BCUT2D eigenvalue weighted by atomic mass is 79.9. The van der Waals surface area contributed by atoms with Gasteiger partial charge in [-0.05, 0) is 54.9 Å².